The fourth-order valence-electron chi connectivity index (χ4n) is 1.04. The highest BCUT2D eigenvalue weighted by molar-refractivity contribution is 5.40. The van der Waals surface area contributed by atoms with Gasteiger partial charge in [0.2, 0.25) is 0 Å². The van der Waals surface area contributed by atoms with Gasteiger partial charge in [-0.25, -0.2) is 0 Å². The Hall–Kier alpha value is -1.45. The summed E-state index contributed by atoms with van der Waals surface area (Å²) in [7, 11) is 0. The number of nitrogens with two attached hydrogens (primary N) is 1. The Morgan fingerprint density at radius 1 is 1.21 bits per heavy atom. The van der Waals surface area contributed by atoms with Crippen molar-refractivity contribution in [3.05, 3.63) is 47.2 Å². The van der Waals surface area contributed by atoms with E-state index < -0.39 is 11.7 Å². The first kappa shape index (κ1) is 10.6. The first-order valence-electron chi connectivity index (χ1n) is 4.00. The second-order valence-electron chi connectivity index (χ2n) is 3.01. The lowest BCUT2D eigenvalue weighted by Crippen LogP contribution is -2.12. The Morgan fingerprint density at radius 2 is 1.86 bits per heavy atom. The summed E-state index contributed by atoms with van der Waals surface area (Å²) in [6.45, 7) is 1.60. The van der Waals surface area contributed by atoms with Gasteiger partial charge in [-0.05, 0) is 25.2 Å². The molecule has 76 valence electrons. The average molecular weight is 201 g/mol. The van der Waals surface area contributed by atoms with Crippen molar-refractivity contribution in [1.29, 1.82) is 0 Å². The smallest absolute Gasteiger partial charge is 0.399 e. The Labute approximate surface area is 80.1 Å². The van der Waals surface area contributed by atoms with Crippen molar-refractivity contribution in [3.8, 4) is 0 Å². The Kier molecular flexibility index (Phi) is 2.84. The van der Waals surface area contributed by atoms with Crippen molar-refractivity contribution in [2.75, 3.05) is 0 Å². The minimum absolute atomic E-state index is 0.0947. The van der Waals surface area contributed by atoms with Crippen LogP contribution in [0.5, 0.6) is 0 Å². The molecule has 0 heterocycles. The van der Waals surface area contributed by atoms with E-state index in [9.17, 15) is 13.2 Å². The maximum absolute atomic E-state index is 12.4. The highest BCUT2D eigenvalue weighted by atomic mass is 19.4. The van der Waals surface area contributed by atoms with Crippen LogP contribution in [0, 0.1) is 0 Å². The molecular formula is C10H10F3N. The third-order valence-electron chi connectivity index (χ3n) is 1.68. The zero-order valence-electron chi connectivity index (χ0n) is 7.60. The van der Waals surface area contributed by atoms with E-state index in [1.165, 1.54) is 6.08 Å². The third-order valence-corrected chi connectivity index (χ3v) is 1.68. The van der Waals surface area contributed by atoms with Crippen molar-refractivity contribution >= 4 is 0 Å². The van der Waals surface area contributed by atoms with E-state index in [1.54, 1.807) is 19.1 Å². The first-order chi connectivity index (χ1) is 6.39. The molecule has 1 nitrogen and oxygen atoms in total. The Morgan fingerprint density at radius 3 is 2.43 bits per heavy atom. The molecule has 4 heteroatoms. The lowest BCUT2D eigenvalue weighted by Gasteiger charge is -2.09. The maximum atomic E-state index is 12.4. The molecule has 0 radical (unpaired) electrons. The number of alkyl halides is 3. The summed E-state index contributed by atoms with van der Waals surface area (Å²) in [5.41, 5.74) is 5.25. The number of rotatable bonds is 0. The molecule has 0 aromatic heterocycles. The second kappa shape index (κ2) is 3.74. The van der Waals surface area contributed by atoms with Crippen molar-refractivity contribution in [1.82, 2.24) is 0 Å². The molecule has 0 aromatic carbocycles. The van der Waals surface area contributed by atoms with Crippen LogP contribution >= 0.6 is 0 Å². The molecule has 1 aliphatic rings. The minimum atomic E-state index is -4.36. The monoisotopic (exact) mass is 201 g/mol. The van der Waals surface area contributed by atoms with Gasteiger partial charge in [0.15, 0.2) is 0 Å². The van der Waals surface area contributed by atoms with Gasteiger partial charge in [-0.15, -0.1) is 0 Å². The van der Waals surface area contributed by atoms with Crippen LogP contribution in [0.2, 0.25) is 0 Å². The molecule has 0 spiro atoms. The maximum Gasteiger partial charge on any atom is 0.416 e. The van der Waals surface area contributed by atoms with Crippen molar-refractivity contribution < 1.29 is 13.2 Å². The molecule has 0 unspecified atom stereocenters. The van der Waals surface area contributed by atoms with Crippen LogP contribution in [0.15, 0.2) is 47.2 Å². The fraction of sp³-hybridized carbons (Fsp3) is 0.200. The van der Waals surface area contributed by atoms with Gasteiger partial charge >= 0.3 is 6.18 Å². The summed E-state index contributed by atoms with van der Waals surface area (Å²) in [5, 5.41) is 0. The summed E-state index contributed by atoms with van der Waals surface area (Å²) < 4.78 is 37.1. The molecule has 0 amide bonds. The van der Waals surface area contributed by atoms with Crippen molar-refractivity contribution in [3.63, 3.8) is 0 Å². The van der Waals surface area contributed by atoms with E-state index in [-0.39, 0.29) is 5.70 Å². The molecule has 0 atom stereocenters. The van der Waals surface area contributed by atoms with Gasteiger partial charge in [-0.2, -0.15) is 13.2 Å². The summed E-state index contributed by atoms with van der Waals surface area (Å²) >= 11 is 0. The zero-order valence-corrected chi connectivity index (χ0v) is 7.60. The number of allylic oxidation sites excluding steroid dienone is 7. The van der Waals surface area contributed by atoms with E-state index in [2.05, 4.69) is 0 Å². The topological polar surface area (TPSA) is 26.0 Å². The predicted molar refractivity (Wildman–Crippen MR) is 49.3 cm³/mol. The fourth-order valence-corrected chi connectivity index (χ4v) is 1.04. The van der Waals surface area contributed by atoms with Gasteiger partial charge in [-0.3, -0.25) is 0 Å². The van der Waals surface area contributed by atoms with Crippen LogP contribution in [0.4, 0.5) is 13.2 Å². The van der Waals surface area contributed by atoms with Crippen LogP contribution in [0.3, 0.4) is 0 Å². The molecule has 0 bridgehead atoms. The number of hydrogen-bond acceptors (Lipinski definition) is 1. The van der Waals surface area contributed by atoms with E-state index >= 15 is 0 Å². The zero-order chi connectivity index (χ0) is 10.8. The van der Waals surface area contributed by atoms with Gasteiger partial charge < -0.3 is 5.73 Å². The summed E-state index contributed by atoms with van der Waals surface area (Å²) in [6, 6.07) is 0. The van der Waals surface area contributed by atoms with Gasteiger partial charge in [0.1, 0.15) is 0 Å². The third kappa shape index (κ3) is 2.80. The molecule has 0 saturated heterocycles. The first-order valence-corrected chi connectivity index (χ1v) is 4.00. The number of halogens is 3. The van der Waals surface area contributed by atoms with Crippen LogP contribution in [0.25, 0.3) is 0 Å². The molecule has 0 fully saturated rings. The normalized spacial score (nSPS) is 31.3. The highest BCUT2D eigenvalue weighted by Gasteiger charge is 2.32. The molecule has 14 heavy (non-hydrogen) atoms. The largest absolute Gasteiger partial charge is 0.416 e. The predicted octanol–water partition coefficient (Wildman–Crippen LogP) is 2.83. The van der Waals surface area contributed by atoms with Gasteiger partial charge in [0.05, 0.1) is 5.57 Å². The lowest BCUT2D eigenvalue weighted by molar-refractivity contribution is -0.0883. The second-order valence-corrected chi connectivity index (χ2v) is 3.01. The Bertz CT molecular complexity index is 343. The molecule has 0 aliphatic heterocycles. The van der Waals surface area contributed by atoms with Crippen LogP contribution in [-0.2, 0) is 0 Å². The van der Waals surface area contributed by atoms with Gasteiger partial charge in [0, 0.05) is 5.70 Å². The van der Waals surface area contributed by atoms with Crippen molar-refractivity contribution in [2.24, 2.45) is 5.73 Å². The minimum Gasteiger partial charge on any atom is -0.399 e. The summed E-state index contributed by atoms with van der Waals surface area (Å²) in [4.78, 5) is 0. The van der Waals surface area contributed by atoms with E-state index in [4.69, 9.17) is 5.73 Å². The van der Waals surface area contributed by atoms with Crippen LogP contribution < -0.4 is 5.73 Å². The van der Waals surface area contributed by atoms with Crippen LogP contribution in [0.1, 0.15) is 6.92 Å². The van der Waals surface area contributed by atoms with Crippen LogP contribution in [-0.4, -0.2) is 6.18 Å². The molecule has 0 saturated carbocycles. The number of hydrogen-bond donors (Lipinski definition) is 1. The summed E-state index contributed by atoms with van der Waals surface area (Å²) in [6.07, 6.45) is 2.26. The quantitative estimate of drug-likeness (QED) is 0.640. The molecule has 1 rings (SSSR count). The standard InChI is InChI=1S/C10H10F3N/c1-7-3-2-4-9(14)6-8(5-7)10(11,12)13/h2-6H,14H2,1H3/b3-2?,4-2+,7-3+,7-5?,8-5+,8-6?,9-4?,9-6+. The Balaban J connectivity index is 3.14. The highest BCUT2D eigenvalue weighted by Crippen LogP contribution is 2.28. The van der Waals surface area contributed by atoms with E-state index in [1.807, 2.05) is 0 Å². The summed E-state index contributed by atoms with van der Waals surface area (Å²) in [5.74, 6) is 0. The van der Waals surface area contributed by atoms with E-state index in [0.29, 0.717) is 5.57 Å². The SMILES string of the molecule is CC1=C\C=C\C(N)=C/C(C(F)(F)F)=C\1. The molecule has 1 aliphatic carbocycles. The van der Waals surface area contributed by atoms with Crippen molar-refractivity contribution in [2.45, 2.75) is 13.1 Å². The average Bonchev–Trinajstić information content (AvgIpc) is 1.98. The van der Waals surface area contributed by atoms with Gasteiger partial charge in [0.25, 0.3) is 0 Å². The molecule has 0 aromatic rings. The molecular weight excluding hydrogens is 191 g/mol. The van der Waals surface area contributed by atoms with E-state index in [0.717, 1.165) is 12.2 Å². The lowest BCUT2D eigenvalue weighted by atomic mass is 10.1. The van der Waals surface area contributed by atoms with Gasteiger partial charge in [-0.1, -0.05) is 17.7 Å². The molecule has 2 N–H and O–H groups in total.